The fraction of sp³-hybridized carbons (Fsp3) is 0.409. The third kappa shape index (κ3) is 5.71. The molecular weight excluding hydrogens is 308 g/mol. The van der Waals surface area contributed by atoms with E-state index in [0.29, 0.717) is 13.1 Å². The first-order valence-electron chi connectivity index (χ1n) is 9.27. The molecule has 3 nitrogen and oxygen atoms in total. The first kappa shape index (κ1) is 17.7. The van der Waals surface area contributed by atoms with Crippen molar-refractivity contribution in [3.8, 4) is 0 Å². The van der Waals surface area contributed by atoms with E-state index in [2.05, 4.69) is 71.7 Å². The molecule has 0 aliphatic carbocycles. The molecule has 1 heterocycles. The quantitative estimate of drug-likeness (QED) is 0.875. The minimum atomic E-state index is 0.127. The van der Waals surface area contributed by atoms with Crippen LogP contribution in [0.3, 0.4) is 0 Å². The number of likely N-dealkylation sites (tertiary alicyclic amines) is 1. The summed E-state index contributed by atoms with van der Waals surface area (Å²) < 4.78 is 0. The van der Waals surface area contributed by atoms with E-state index in [1.165, 1.54) is 24.0 Å². The zero-order valence-electron chi connectivity index (χ0n) is 15.1. The van der Waals surface area contributed by atoms with E-state index in [1.807, 2.05) is 0 Å². The summed E-state index contributed by atoms with van der Waals surface area (Å²) in [6.07, 6.45) is 3.52. The fourth-order valence-corrected chi connectivity index (χ4v) is 3.46. The summed E-state index contributed by atoms with van der Waals surface area (Å²) in [4.78, 5) is 14.5. The van der Waals surface area contributed by atoms with E-state index < -0.39 is 0 Å². The van der Waals surface area contributed by atoms with Crippen molar-refractivity contribution in [2.45, 2.75) is 32.7 Å². The van der Waals surface area contributed by atoms with Gasteiger partial charge in [0.1, 0.15) is 0 Å². The van der Waals surface area contributed by atoms with Gasteiger partial charge in [-0.3, -0.25) is 9.69 Å². The summed E-state index contributed by atoms with van der Waals surface area (Å²) in [6.45, 7) is 5.25. The van der Waals surface area contributed by atoms with Crippen LogP contribution in [-0.2, 0) is 17.8 Å². The van der Waals surface area contributed by atoms with Crippen molar-refractivity contribution >= 4 is 5.91 Å². The van der Waals surface area contributed by atoms with Crippen molar-refractivity contribution in [3.63, 3.8) is 0 Å². The topological polar surface area (TPSA) is 32.3 Å². The van der Waals surface area contributed by atoms with Crippen LogP contribution in [0.5, 0.6) is 0 Å². The van der Waals surface area contributed by atoms with Crippen molar-refractivity contribution in [2.75, 3.05) is 19.6 Å². The van der Waals surface area contributed by atoms with Gasteiger partial charge in [0.2, 0.25) is 5.91 Å². The minimum absolute atomic E-state index is 0.127. The molecule has 2 aromatic rings. The van der Waals surface area contributed by atoms with Crippen LogP contribution >= 0.6 is 0 Å². The summed E-state index contributed by atoms with van der Waals surface area (Å²) in [7, 11) is 0. The molecule has 0 aromatic heterocycles. The first-order valence-corrected chi connectivity index (χ1v) is 9.27. The fourth-order valence-electron chi connectivity index (χ4n) is 3.46. The van der Waals surface area contributed by atoms with Crippen LogP contribution in [0.2, 0.25) is 0 Å². The zero-order chi connectivity index (χ0) is 17.5. The number of rotatable bonds is 6. The summed E-state index contributed by atoms with van der Waals surface area (Å²) in [5.41, 5.74) is 3.82. The van der Waals surface area contributed by atoms with E-state index in [0.717, 1.165) is 31.0 Å². The number of carbonyl (C=O) groups excluding carboxylic acids is 1. The largest absolute Gasteiger partial charge is 0.351 e. The summed E-state index contributed by atoms with van der Waals surface area (Å²) in [6, 6.07) is 19.0. The van der Waals surface area contributed by atoms with Crippen LogP contribution in [0.1, 0.15) is 29.5 Å². The lowest BCUT2D eigenvalue weighted by Gasteiger charge is -2.31. The van der Waals surface area contributed by atoms with Crippen molar-refractivity contribution in [3.05, 3.63) is 71.3 Å². The molecule has 0 radical (unpaired) electrons. The molecule has 25 heavy (non-hydrogen) atoms. The molecule has 1 saturated heterocycles. The van der Waals surface area contributed by atoms with Gasteiger partial charge in [0.05, 0.1) is 6.54 Å². The Morgan fingerprint density at radius 3 is 2.36 bits per heavy atom. The van der Waals surface area contributed by atoms with E-state index >= 15 is 0 Å². The molecule has 2 aromatic carbocycles. The highest BCUT2D eigenvalue weighted by atomic mass is 16.2. The summed E-state index contributed by atoms with van der Waals surface area (Å²) in [5.74, 6) is 0.872. The maximum Gasteiger partial charge on any atom is 0.234 e. The predicted molar refractivity (Wildman–Crippen MR) is 102 cm³/mol. The lowest BCUT2D eigenvalue weighted by molar-refractivity contribution is -0.122. The molecule has 1 aliphatic rings. The third-order valence-corrected chi connectivity index (χ3v) is 5.05. The SMILES string of the molecule is Cc1ccc(CNC(=O)CN2CCC(Cc3ccccc3)CC2)cc1. The molecule has 1 aliphatic heterocycles. The zero-order valence-corrected chi connectivity index (χ0v) is 15.1. The number of benzene rings is 2. The van der Waals surface area contributed by atoms with E-state index in [9.17, 15) is 4.79 Å². The highest BCUT2D eigenvalue weighted by Crippen LogP contribution is 2.21. The predicted octanol–water partition coefficient (Wildman–Crippen LogP) is 3.57. The third-order valence-electron chi connectivity index (χ3n) is 5.05. The second-order valence-corrected chi connectivity index (χ2v) is 7.17. The van der Waals surface area contributed by atoms with Gasteiger partial charge in [0.15, 0.2) is 0 Å². The monoisotopic (exact) mass is 336 g/mol. The van der Waals surface area contributed by atoms with Crippen LogP contribution in [0.15, 0.2) is 54.6 Å². The molecule has 3 rings (SSSR count). The molecule has 0 spiro atoms. The minimum Gasteiger partial charge on any atom is -0.351 e. The Morgan fingerprint density at radius 1 is 1.00 bits per heavy atom. The van der Waals surface area contributed by atoms with Gasteiger partial charge >= 0.3 is 0 Å². The van der Waals surface area contributed by atoms with Gasteiger partial charge < -0.3 is 5.32 Å². The maximum atomic E-state index is 12.2. The second kappa shape index (κ2) is 8.82. The van der Waals surface area contributed by atoms with Crippen molar-refractivity contribution in [1.82, 2.24) is 10.2 Å². The smallest absolute Gasteiger partial charge is 0.234 e. The Morgan fingerprint density at radius 2 is 1.68 bits per heavy atom. The average Bonchev–Trinajstić information content (AvgIpc) is 2.64. The van der Waals surface area contributed by atoms with Gasteiger partial charge in [0.25, 0.3) is 0 Å². The summed E-state index contributed by atoms with van der Waals surface area (Å²) >= 11 is 0. The molecule has 3 heteroatoms. The number of nitrogens with one attached hydrogen (secondary N) is 1. The van der Waals surface area contributed by atoms with Crippen molar-refractivity contribution < 1.29 is 4.79 Å². The van der Waals surface area contributed by atoms with Gasteiger partial charge in [-0.1, -0.05) is 60.2 Å². The number of hydrogen-bond acceptors (Lipinski definition) is 2. The Balaban J connectivity index is 1.36. The summed E-state index contributed by atoms with van der Waals surface area (Å²) in [5, 5.41) is 3.04. The average molecular weight is 336 g/mol. The standard InChI is InChI=1S/C22H28N2O/c1-18-7-9-21(10-8-18)16-23-22(25)17-24-13-11-20(12-14-24)15-19-5-3-2-4-6-19/h2-10,20H,11-17H2,1H3,(H,23,25). The van der Waals surface area contributed by atoms with Crippen molar-refractivity contribution in [1.29, 1.82) is 0 Å². The molecule has 1 amide bonds. The molecule has 0 bridgehead atoms. The molecular formula is C22H28N2O. The molecule has 0 atom stereocenters. The van der Waals surface area contributed by atoms with Crippen LogP contribution in [0, 0.1) is 12.8 Å². The second-order valence-electron chi connectivity index (χ2n) is 7.17. The lowest BCUT2D eigenvalue weighted by atomic mass is 9.90. The molecule has 132 valence electrons. The van der Waals surface area contributed by atoms with Gasteiger partial charge in [-0.25, -0.2) is 0 Å². The van der Waals surface area contributed by atoms with E-state index in [4.69, 9.17) is 0 Å². The molecule has 0 saturated carbocycles. The Kier molecular flexibility index (Phi) is 6.24. The number of piperidine rings is 1. The van der Waals surface area contributed by atoms with E-state index in [1.54, 1.807) is 0 Å². The van der Waals surface area contributed by atoms with Gasteiger partial charge in [0, 0.05) is 6.54 Å². The number of amides is 1. The Bertz CT molecular complexity index is 658. The van der Waals surface area contributed by atoms with Crippen LogP contribution in [0.4, 0.5) is 0 Å². The lowest BCUT2D eigenvalue weighted by Crippen LogP contribution is -2.41. The Labute approximate surface area is 151 Å². The van der Waals surface area contributed by atoms with Crippen molar-refractivity contribution in [2.24, 2.45) is 5.92 Å². The first-order chi connectivity index (χ1) is 12.2. The van der Waals surface area contributed by atoms with Crippen LogP contribution in [-0.4, -0.2) is 30.4 Å². The highest BCUT2D eigenvalue weighted by molar-refractivity contribution is 5.78. The maximum absolute atomic E-state index is 12.2. The molecule has 1 N–H and O–H groups in total. The number of aryl methyl sites for hydroxylation is 1. The number of carbonyl (C=O) groups is 1. The van der Waals surface area contributed by atoms with Crippen LogP contribution < -0.4 is 5.32 Å². The Hall–Kier alpha value is -2.13. The van der Waals surface area contributed by atoms with Gasteiger partial charge in [-0.15, -0.1) is 0 Å². The highest BCUT2D eigenvalue weighted by Gasteiger charge is 2.20. The number of hydrogen-bond donors (Lipinski definition) is 1. The van der Waals surface area contributed by atoms with Gasteiger partial charge in [-0.05, 0) is 56.3 Å². The van der Waals surface area contributed by atoms with Gasteiger partial charge in [-0.2, -0.15) is 0 Å². The normalized spacial score (nSPS) is 15.9. The van der Waals surface area contributed by atoms with Crippen LogP contribution in [0.25, 0.3) is 0 Å². The molecule has 0 unspecified atom stereocenters. The number of nitrogens with zero attached hydrogens (tertiary/aromatic N) is 1. The molecule has 1 fully saturated rings. The van der Waals surface area contributed by atoms with E-state index in [-0.39, 0.29) is 5.91 Å².